The Bertz CT molecular complexity index is 1290. The zero-order valence-electron chi connectivity index (χ0n) is 19.9. The summed E-state index contributed by atoms with van der Waals surface area (Å²) >= 11 is 0. The minimum atomic E-state index is -3.66. The maximum absolute atomic E-state index is 12.9. The van der Waals surface area contributed by atoms with E-state index in [-0.39, 0.29) is 30.7 Å². The van der Waals surface area contributed by atoms with E-state index >= 15 is 0 Å². The van der Waals surface area contributed by atoms with Crippen LogP contribution in [0.4, 0.5) is 5.69 Å². The van der Waals surface area contributed by atoms with E-state index in [0.717, 1.165) is 11.1 Å². The lowest BCUT2D eigenvalue weighted by Crippen LogP contribution is -2.41. The first-order chi connectivity index (χ1) is 16.6. The van der Waals surface area contributed by atoms with Gasteiger partial charge in [-0.15, -0.1) is 0 Å². The topological polar surface area (TPSA) is 97.0 Å². The fourth-order valence-corrected chi connectivity index (χ4v) is 4.87. The molecule has 1 aliphatic rings. The normalized spacial score (nSPS) is 13.1. The number of anilines is 1. The molecule has 4 rings (SSSR count). The van der Waals surface area contributed by atoms with Crippen molar-refractivity contribution in [3.05, 3.63) is 83.9 Å². The van der Waals surface area contributed by atoms with E-state index in [9.17, 15) is 13.2 Å². The average molecular weight is 496 g/mol. The Hall–Kier alpha value is -3.40. The molecule has 0 fully saturated rings. The van der Waals surface area contributed by atoms with Crippen molar-refractivity contribution >= 4 is 21.6 Å². The molecule has 0 aliphatic carbocycles. The first kappa shape index (κ1) is 24.7. The summed E-state index contributed by atoms with van der Waals surface area (Å²) in [7, 11) is -2.11. The van der Waals surface area contributed by atoms with Crippen molar-refractivity contribution in [1.82, 2.24) is 9.62 Å². The number of hydrogen-bond acceptors (Lipinski definition) is 6. The third kappa shape index (κ3) is 5.82. The van der Waals surface area contributed by atoms with Gasteiger partial charge in [-0.25, -0.2) is 8.42 Å². The van der Waals surface area contributed by atoms with Gasteiger partial charge in [0, 0.05) is 24.8 Å². The van der Waals surface area contributed by atoms with E-state index < -0.39 is 15.6 Å². The molecule has 1 aliphatic heterocycles. The van der Waals surface area contributed by atoms with Gasteiger partial charge in [-0.3, -0.25) is 10.1 Å². The molecule has 1 amide bonds. The highest BCUT2D eigenvalue weighted by molar-refractivity contribution is 7.89. The molecule has 35 heavy (non-hydrogen) atoms. The highest BCUT2D eigenvalue weighted by Crippen LogP contribution is 2.35. The molecule has 2 N–H and O–H groups in total. The molecule has 3 aromatic carbocycles. The molecule has 3 aromatic rings. The summed E-state index contributed by atoms with van der Waals surface area (Å²) in [5.74, 6) is 1.15. The highest BCUT2D eigenvalue weighted by Gasteiger charge is 2.25. The fourth-order valence-electron chi connectivity index (χ4n) is 3.71. The summed E-state index contributed by atoms with van der Waals surface area (Å²) in [6.07, 6.45) is 0. The quantitative estimate of drug-likeness (QED) is 0.470. The molecule has 0 aromatic heterocycles. The van der Waals surface area contributed by atoms with E-state index in [4.69, 9.17) is 9.47 Å². The van der Waals surface area contributed by atoms with Crippen LogP contribution in [0.15, 0.2) is 77.7 Å². The predicted molar refractivity (Wildman–Crippen MR) is 134 cm³/mol. The van der Waals surface area contributed by atoms with E-state index in [2.05, 4.69) is 10.6 Å². The van der Waals surface area contributed by atoms with Crippen molar-refractivity contribution in [1.29, 1.82) is 0 Å². The van der Waals surface area contributed by atoms with Crippen molar-refractivity contribution in [3.8, 4) is 11.5 Å². The molecule has 0 saturated carbocycles. The summed E-state index contributed by atoms with van der Waals surface area (Å²) in [6.45, 7) is 4.50. The number of rotatable bonds is 9. The molecule has 1 heterocycles. The van der Waals surface area contributed by atoms with E-state index in [0.29, 0.717) is 17.2 Å². The first-order valence-electron chi connectivity index (χ1n) is 11.2. The minimum Gasteiger partial charge on any atom is -0.454 e. The SMILES string of the molecule is CN(Cc1ccccc1)S(=O)(=O)c1ccc(NC(=O)CNC(C)(C)c2ccc3c(c2)OCO3)cc1. The Morgan fingerprint density at radius 2 is 1.66 bits per heavy atom. The lowest BCUT2D eigenvalue weighted by atomic mass is 9.94. The molecule has 0 saturated heterocycles. The van der Waals surface area contributed by atoms with Gasteiger partial charge in [0.1, 0.15) is 0 Å². The lowest BCUT2D eigenvalue weighted by molar-refractivity contribution is -0.115. The predicted octanol–water partition coefficient (Wildman–Crippen LogP) is 3.70. The molecule has 0 radical (unpaired) electrons. The minimum absolute atomic E-state index is 0.0707. The number of amides is 1. The van der Waals surface area contributed by atoms with Gasteiger partial charge in [-0.05, 0) is 61.4 Å². The summed E-state index contributed by atoms with van der Waals surface area (Å²) in [6, 6.07) is 21.3. The molecular weight excluding hydrogens is 466 g/mol. The standard InChI is InChI=1S/C26H29N3O5S/c1-26(2,20-9-14-23-24(15-20)34-18-33-23)27-16-25(30)28-21-10-12-22(13-11-21)35(31,32)29(3)17-19-7-5-4-6-8-19/h4-15,27H,16-18H2,1-3H3,(H,28,30). The lowest BCUT2D eigenvalue weighted by Gasteiger charge is -2.27. The number of fused-ring (bicyclic) bond motifs is 1. The van der Waals surface area contributed by atoms with Crippen LogP contribution in [-0.4, -0.2) is 39.0 Å². The van der Waals surface area contributed by atoms with Crippen LogP contribution in [0.2, 0.25) is 0 Å². The Morgan fingerprint density at radius 1 is 0.971 bits per heavy atom. The third-order valence-corrected chi connectivity index (χ3v) is 7.70. The van der Waals surface area contributed by atoms with Crippen molar-refractivity contribution in [3.63, 3.8) is 0 Å². The molecule has 184 valence electrons. The second-order valence-electron chi connectivity index (χ2n) is 8.87. The Balaban J connectivity index is 1.33. The number of benzene rings is 3. The van der Waals surface area contributed by atoms with E-state index in [1.807, 2.05) is 62.4 Å². The maximum Gasteiger partial charge on any atom is 0.243 e. The summed E-state index contributed by atoms with van der Waals surface area (Å²) in [5, 5.41) is 6.05. The molecule has 0 atom stereocenters. The number of nitrogens with one attached hydrogen (secondary N) is 2. The number of nitrogens with zero attached hydrogens (tertiary/aromatic N) is 1. The molecule has 0 unspecified atom stereocenters. The van der Waals surface area contributed by atoms with Crippen LogP contribution in [-0.2, 0) is 26.9 Å². The number of ether oxygens (including phenoxy) is 2. The van der Waals surface area contributed by atoms with Gasteiger partial charge >= 0.3 is 0 Å². The van der Waals surface area contributed by atoms with Crippen LogP contribution in [0.1, 0.15) is 25.0 Å². The van der Waals surface area contributed by atoms with Crippen LogP contribution < -0.4 is 20.1 Å². The van der Waals surface area contributed by atoms with Gasteiger partial charge in [0.15, 0.2) is 11.5 Å². The van der Waals surface area contributed by atoms with Crippen LogP contribution in [0.3, 0.4) is 0 Å². The van der Waals surface area contributed by atoms with Crippen LogP contribution >= 0.6 is 0 Å². The van der Waals surface area contributed by atoms with Gasteiger partial charge in [0.2, 0.25) is 22.7 Å². The van der Waals surface area contributed by atoms with Gasteiger partial charge in [0.05, 0.1) is 11.4 Å². The molecule has 8 nitrogen and oxygen atoms in total. The van der Waals surface area contributed by atoms with Gasteiger partial charge in [-0.2, -0.15) is 4.31 Å². The number of hydrogen-bond donors (Lipinski definition) is 2. The Morgan fingerprint density at radius 3 is 2.37 bits per heavy atom. The van der Waals surface area contributed by atoms with E-state index in [1.54, 1.807) is 19.2 Å². The van der Waals surface area contributed by atoms with Gasteiger partial charge in [0.25, 0.3) is 0 Å². The smallest absolute Gasteiger partial charge is 0.243 e. The highest BCUT2D eigenvalue weighted by atomic mass is 32.2. The molecular formula is C26H29N3O5S. The fraction of sp³-hybridized carbons (Fsp3) is 0.269. The van der Waals surface area contributed by atoms with Crippen molar-refractivity contribution in [2.45, 2.75) is 30.8 Å². The van der Waals surface area contributed by atoms with Crippen molar-refractivity contribution in [2.75, 3.05) is 25.7 Å². The largest absolute Gasteiger partial charge is 0.454 e. The number of carbonyl (C=O) groups excluding carboxylic acids is 1. The Labute approximate surface area is 205 Å². The molecule has 0 spiro atoms. The van der Waals surface area contributed by atoms with Crippen molar-refractivity contribution in [2.24, 2.45) is 0 Å². The molecule has 0 bridgehead atoms. The number of sulfonamides is 1. The summed E-state index contributed by atoms with van der Waals surface area (Å²) < 4.78 is 37.9. The van der Waals surface area contributed by atoms with Crippen LogP contribution in [0, 0.1) is 0 Å². The van der Waals surface area contributed by atoms with Gasteiger partial charge in [-0.1, -0.05) is 36.4 Å². The second-order valence-corrected chi connectivity index (χ2v) is 10.9. The number of carbonyl (C=O) groups is 1. The van der Waals surface area contributed by atoms with Crippen LogP contribution in [0.25, 0.3) is 0 Å². The third-order valence-electron chi connectivity index (χ3n) is 5.88. The van der Waals surface area contributed by atoms with E-state index in [1.165, 1.54) is 16.4 Å². The maximum atomic E-state index is 12.9. The zero-order valence-corrected chi connectivity index (χ0v) is 20.8. The first-order valence-corrected chi connectivity index (χ1v) is 12.6. The van der Waals surface area contributed by atoms with Gasteiger partial charge < -0.3 is 14.8 Å². The monoisotopic (exact) mass is 495 g/mol. The second kappa shape index (κ2) is 10.1. The molecule has 9 heteroatoms. The summed E-state index contributed by atoms with van der Waals surface area (Å²) in [4.78, 5) is 12.7. The average Bonchev–Trinajstić information content (AvgIpc) is 3.32. The van der Waals surface area contributed by atoms with Crippen molar-refractivity contribution < 1.29 is 22.7 Å². The van der Waals surface area contributed by atoms with Crippen LogP contribution in [0.5, 0.6) is 11.5 Å². The zero-order chi connectivity index (χ0) is 25.1. The summed E-state index contributed by atoms with van der Waals surface area (Å²) in [5.41, 5.74) is 1.89. The Kier molecular flexibility index (Phi) is 7.11.